The van der Waals surface area contributed by atoms with Gasteiger partial charge in [-0.2, -0.15) is 4.73 Å². The number of hydrogen-bond acceptors (Lipinski definition) is 4. The molecular weight excluding hydrogens is 330 g/mol. The fourth-order valence-electron chi connectivity index (χ4n) is 2.35. The van der Waals surface area contributed by atoms with Gasteiger partial charge in [0.15, 0.2) is 12.4 Å². The van der Waals surface area contributed by atoms with Crippen LogP contribution in [-0.4, -0.2) is 10.9 Å². The highest BCUT2D eigenvalue weighted by Gasteiger charge is 2.07. The molecule has 3 rings (SSSR count). The molecule has 0 bridgehead atoms. The number of ether oxygens (including phenoxy) is 1. The zero-order valence-corrected chi connectivity index (χ0v) is 14.6. The Bertz CT molecular complexity index is 907. The van der Waals surface area contributed by atoms with E-state index in [1.807, 2.05) is 38.1 Å². The molecule has 0 atom stereocenters. The summed E-state index contributed by atoms with van der Waals surface area (Å²) in [5, 5.41) is 13.8. The second kappa shape index (κ2) is 7.65. The maximum Gasteiger partial charge on any atom is 0.252 e. The average molecular weight is 349 g/mol. The van der Waals surface area contributed by atoms with Crippen molar-refractivity contribution in [1.82, 2.24) is 10.3 Å². The number of carbonyl (C=O) groups is 1. The van der Waals surface area contributed by atoms with Crippen LogP contribution >= 0.6 is 0 Å². The van der Waals surface area contributed by atoms with Crippen LogP contribution in [0.15, 0.2) is 61.1 Å². The number of hydrogen-bond donors (Lipinski definition) is 1. The third kappa shape index (κ3) is 4.36. The van der Waals surface area contributed by atoms with E-state index in [2.05, 4.69) is 10.3 Å². The standard InChI is InChI=1S/C20H19N3O3/c1-14-3-4-15(2)18(11-14)26-19-6-5-16(12-21-19)13-22-20(24)17-7-9-23(25)10-8-17/h3-12H,13H2,1-2H3,(H,22,24). The molecule has 0 saturated heterocycles. The van der Waals surface area contributed by atoms with E-state index in [0.717, 1.165) is 22.4 Å². The molecule has 0 aliphatic carbocycles. The van der Waals surface area contributed by atoms with Crippen molar-refractivity contribution in [2.45, 2.75) is 20.4 Å². The van der Waals surface area contributed by atoms with E-state index < -0.39 is 0 Å². The summed E-state index contributed by atoms with van der Waals surface area (Å²) in [6.07, 6.45) is 4.24. The van der Waals surface area contributed by atoms with Crippen LogP contribution in [0.3, 0.4) is 0 Å². The van der Waals surface area contributed by atoms with Gasteiger partial charge in [0.25, 0.3) is 5.91 Å². The van der Waals surface area contributed by atoms with Crippen molar-refractivity contribution in [1.29, 1.82) is 0 Å². The van der Waals surface area contributed by atoms with E-state index >= 15 is 0 Å². The van der Waals surface area contributed by atoms with Gasteiger partial charge in [0.2, 0.25) is 5.88 Å². The van der Waals surface area contributed by atoms with E-state index in [-0.39, 0.29) is 5.91 Å². The summed E-state index contributed by atoms with van der Waals surface area (Å²) < 4.78 is 6.46. The van der Waals surface area contributed by atoms with Crippen molar-refractivity contribution >= 4 is 5.91 Å². The van der Waals surface area contributed by atoms with Crippen LogP contribution in [0.4, 0.5) is 0 Å². The first-order valence-electron chi connectivity index (χ1n) is 8.18. The van der Waals surface area contributed by atoms with Crippen LogP contribution in [0.1, 0.15) is 27.0 Å². The van der Waals surface area contributed by atoms with Crippen molar-refractivity contribution in [3.8, 4) is 11.6 Å². The SMILES string of the molecule is Cc1ccc(C)c(Oc2ccc(CNC(=O)c3cc[n+]([O-])cc3)cn2)c1. The summed E-state index contributed by atoms with van der Waals surface area (Å²) in [7, 11) is 0. The summed E-state index contributed by atoms with van der Waals surface area (Å²) in [4.78, 5) is 16.3. The normalized spacial score (nSPS) is 10.4. The first kappa shape index (κ1) is 17.4. The number of benzene rings is 1. The summed E-state index contributed by atoms with van der Waals surface area (Å²) in [5.74, 6) is 1.02. The molecule has 0 spiro atoms. The highest BCUT2D eigenvalue weighted by atomic mass is 16.5. The van der Waals surface area contributed by atoms with Gasteiger partial charge in [-0.05, 0) is 36.6 Å². The lowest BCUT2D eigenvalue weighted by Crippen LogP contribution is -2.27. The second-order valence-electron chi connectivity index (χ2n) is 6.01. The minimum absolute atomic E-state index is 0.249. The lowest BCUT2D eigenvalue weighted by Gasteiger charge is -2.09. The molecule has 0 radical (unpaired) electrons. The van der Waals surface area contributed by atoms with Crippen LogP contribution in [0.2, 0.25) is 0 Å². The number of amides is 1. The molecule has 6 heteroatoms. The predicted molar refractivity (Wildman–Crippen MR) is 96.8 cm³/mol. The van der Waals surface area contributed by atoms with Crippen LogP contribution in [-0.2, 0) is 6.54 Å². The van der Waals surface area contributed by atoms with Gasteiger partial charge < -0.3 is 15.3 Å². The Kier molecular flexibility index (Phi) is 5.12. The van der Waals surface area contributed by atoms with Gasteiger partial charge in [0.1, 0.15) is 5.75 Å². The minimum atomic E-state index is -0.249. The third-order valence-corrected chi connectivity index (χ3v) is 3.87. The largest absolute Gasteiger partial charge is 0.619 e. The lowest BCUT2D eigenvalue weighted by atomic mass is 10.1. The first-order chi connectivity index (χ1) is 12.5. The number of carbonyl (C=O) groups excluding carboxylic acids is 1. The van der Waals surface area contributed by atoms with E-state index in [1.165, 1.54) is 24.5 Å². The van der Waals surface area contributed by atoms with Gasteiger partial charge in [-0.15, -0.1) is 0 Å². The molecule has 2 aromatic heterocycles. The highest BCUT2D eigenvalue weighted by Crippen LogP contribution is 2.24. The average Bonchev–Trinajstić information content (AvgIpc) is 2.64. The lowest BCUT2D eigenvalue weighted by molar-refractivity contribution is -0.605. The van der Waals surface area contributed by atoms with Crippen LogP contribution in [0.25, 0.3) is 0 Å². The molecule has 0 aliphatic rings. The van der Waals surface area contributed by atoms with Crippen molar-refractivity contribution in [2.75, 3.05) is 0 Å². The second-order valence-corrected chi connectivity index (χ2v) is 6.01. The maximum atomic E-state index is 12.0. The number of rotatable bonds is 5. The number of pyridine rings is 2. The molecule has 3 aromatic rings. The zero-order chi connectivity index (χ0) is 18.5. The smallest absolute Gasteiger partial charge is 0.252 e. The molecule has 0 saturated carbocycles. The number of nitrogens with zero attached hydrogens (tertiary/aromatic N) is 2. The molecule has 2 heterocycles. The minimum Gasteiger partial charge on any atom is -0.619 e. The highest BCUT2D eigenvalue weighted by molar-refractivity contribution is 5.93. The molecule has 0 aliphatic heterocycles. The summed E-state index contributed by atoms with van der Waals surface area (Å²) >= 11 is 0. The Morgan fingerprint density at radius 2 is 1.92 bits per heavy atom. The van der Waals surface area contributed by atoms with Gasteiger partial charge in [0.05, 0.1) is 5.56 Å². The van der Waals surface area contributed by atoms with Gasteiger partial charge >= 0.3 is 0 Å². The number of aryl methyl sites for hydroxylation is 2. The molecule has 0 unspecified atom stereocenters. The van der Waals surface area contributed by atoms with Crippen molar-refractivity contribution in [2.24, 2.45) is 0 Å². The van der Waals surface area contributed by atoms with E-state index in [4.69, 9.17) is 4.74 Å². The van der Waals surface area contributed by atoms with Crippen molar-refractivity contribution in [3.63, 3.8) is 0 Å². The van der Waals surface area contributed by atoms with E-state index in [9.17, 15) is 10.0 Å². The van der Waals surface area contributed by atoms with Gasteiger partial charge in [-0.3, -0.25) is 4.79 Å². The monoisotopic (exact) mass is 349 g/mol. The Labute approximate surface area is 151 Å². The first-order valence-corrected chi connectivity index (χ1v) is 8.18. The van der Waals surface area contributed by atoms with E-state index in [0.29, 0.717) is 22.7 Å². The number of nitrogens with one attached hydrogen (secondary N) is 1. The molecule has 26 heavy (non-hydrogen) atoms. The summed E-state index contributed by atoms with van der Waals surface area (Å²) in [6.45, 7) is 4.33. The van der Waals surface area contributed by atoms with Gasteiger partial charge in [-0.25, -0.2) is 4.98 Å². The summed E-state index contributed by atoms with van der Waals surface area (Å²) in [5.41, 5.74) is 3.44. The predicted octanol–water partition coefficient (Wildman–Crippen LogP) is 3.05. The van der Waals surface area contributed by atoms with Crippen LogP contribution in [0.5, 0.6) is 11.6 Å². The maximum absolute atomic E-state index is 12.0. The molecule has 0 fully saturated rings. The molecule has 1 N–H and O–H groups in total. The Morgan fingerprint density at radius 3 is 2.62 bits per heavy atom. The summed E-state index contributed by atoms with van der Waals surface area (Å²) in [6, 6.07) is 12.6. The molecule has 1 aromatic carbocycles. The fourth-order valence-corrected chi connectivity index (χ4v) is 2.35. The quantitative estimate of drug-likeness (QED) is 0.567. The van der Waals surface area contributed by atoms with Crippen molar-refractivity contribution in [3.05, 3.63) is 88.5 Å². The molecular formula is C20H19N3O3. The Hall–Kier alpha value is -3.41. The van der Waals surface area contributed by atoms with E-state index in [1.54, 1.807) is 12.3 Å². The van der Waals surface area contributed by atoms with Gasteiger partial charge in [0, 0.05) is 30.9 Å². The molecule has 1 amide bonds. The molecule has 6 nitrogen and oxygen atoms in total. The molecule has 132 valence electrons. The number of aromatic nitrogens is 2. The third-order valence-electron chi connectivity index (χ3n) is 3.87. The van der Waals surface area contributed by atoms with Crippen LogP contribution < -0.4 is 14.8 Å². The topological polar surface area (TPSA) is 78.2 Å². The fraction of sp³-hybridized carbons (Fsp3) is 0.150. The van der Waals surface area contributed by atoms with Crippen LogP contribution in [0, 0.1) is 19.1 Å². The zero-order valence-electron chi connectivity index (χ0n) is 14.6. The van der Waals surface area contributed by atoms with Crippen molar-refractivity contribution < 1.29 is 14.3 Å². The Balaban J connectivity index is 1.60. The van der Waals surface area contributed by atoms with Gasteiger partial charge in [-0.1, -0.05) is 18.2 Å². The Morgan fingerprint density at radius 1 is 1.15 bits per heavy atom.